The number of ether oxygens (including phenoxy) is 1. The second-order valence-corrected chi connectivity index (χ2v) is 5.02. The summed E-state index contributed by atoms with van der Waals surface area (Å²) in [5.41, 5.74) is 2.13. The number of carbonyl (C=O) groups excluding carboxylic acids is 1. The molecule has 96 valence electrons. The molecule has 0 unspecified atom stereocenters. The Morgan fingerprint density at radius 3 is 3.06 bits per heavy atom. The summed E-state index contributed by atoms with van der Waals surface area (Å²) in [6.07, 6.45) is 3.62. The van der Waals surface area contributed by atoms with E-state index < -0.39 is 0 Å². The second kappa shape index (κ2) is 4.61. The topological polar surface area (TPSA) is 41.6 Å². The maximum absolute atomic E-state index is 11.6. The smallest absolute Gasteiger partial charge is 0.264 e. The predicted octanol–water partition coefficient (Wildman–Crippen LogP) is 1.34. The number of amides is 1. The molecule has 0 radical (unpaired) electrons. The molecule has 1 fully saturated rings. The van der Waals surface area contributed by atoms with E-state index in [1.54, 1.807) is 11.9 Å². The van der Waals surface area contributed by atoms with Crippen molar-refractivity contribution in [3.8, 4) is 5.75 Å². The SMILES string of the molecule is CN1C(=O)COc2ccc(CCNC3CC3)cc21. The third-order valence-electron chi connectivity index (χ3n) is 3.53. The Hall–Kier alpha value is -1.55. The molecular weight excluding hydrogens is 228 g/mol. The van der Waals surface area contributed by atoms with Gasteiger partial charge in [0.1, 0.15) is 5.75 Å². The van der Waals surface area contributed by atoms with Gasteiger partial charge in [-0.05, 0) is 43.5 Å². The fourth-order valence-corrected chi connectivity index (χ4v) is 2.18. The van der Waals surface area contributed by atoms with Crippen molar-refractivity contribution in [1.29, 1.82) is 0 Å². The van der Waals surface area contributed by atoms with Crippen LogP contribution in [0.2, 0.25) is 0 Å². The third kappa shape index (κ3) is 2.34. The molecule has 0 spiro atoms. The molecule has 18 heavy (non-hydrogen) atoms. The zero-order valence-electron chi connectivity index (χ0n) is 10.6. The Bertz CT molecular complexity index is 469. The van der Waals surface area contributed by atoms with E-state index >= 15 is 0 Å². The Morgan fingerprint density at radius 1 is 1.44 bits per heavy atom. The van der Waals surface area contributed by atoms with E-state index in [9.17, 15) is 4.79 Å². The van der Waals surface area contributed by atoms with Crippen molar-refractivity contribution in [2.45, 2.75) is 25.3 Å². The average molecular weight is 246 g/mol. The van der Waals surface area contributed by atoms with Crippen LogP contribution in [0.3, 0.4) is 0 Å². The highest BCUT2D eigenvalue weighted by Gasteiger charge is 2.22. The molecule has 1 aliphatic carbocycles. The molecule has 1 aliphatic heterocycles. The van der Waals surface area contributed by atoms with Crippen LogP contribution in [-0.2, 0) is 11.2 Å². The summed E-state index contributed by atoms with van der Waals surface area (Å²) in [7, 11) is 1.80. The first-order valence-electron chi connectivity index (χ1n) is 6.50. The van der Waals surface area contributed by atoms with Gasteiger partial charge in [0.15, 0.2) is 6.61 Å². The monoisotopic (exact) mass is 246 g/mol. The first-order chi connectivity index (χ1) is 8.74. The van der Waals surface area contributed by atoms with E-state index in [-0.39, 0.29) is 12.5 Å². The van der Waals surface area contributed by atoms with Crippen molar-refractivity contribution in [3.63, 3.8) is 0 Å². The first kappa shape index (κ1) is 11.5. The normalized spacial score (nSPS) is 18.5. The van der Waals surface area contributed by atoms with E-state index in [4.69, 9.17) is 4.74 Å². The van der Waals surface area contributed by atoms with E-state index in [1.165, 1.54) is 18.4 Å². The summed E-state index contributed by atoms with van der Waals surface area (Å²) >= 11 is 0. The number of likely N-dealkylation sites (N-methyl/N-ethyl adjacent to an activating group) is 1. The average Bonchev–Trinajstić information content (AvgIpc) is 3.19. The number of rotatable bonds is 4. The summed E-state index contributed by atoms with van der Waals surface area (Å²) in [4.78, 5) is 13.2. The van der Waals surface area contributed by atoms with Crippen LogP contribution in [0.1, 0.15) is 18.4 Å². The van der Waals surface area contributed by atoms with Crippen molar-refractivity contribution >= 4 is 11.6 Å². The third-order valence-corrected chi connectivity index (χ3v) is 3.53. The van der Waals surface area contributed by atoms with Gasteiger partial charge in [-0.25, -0.2) is 0 Å². The van der Waals surface area contributed by atoms with Crippen LogP contribution in [0.25, 0.3) is 0 Å². The Morgan fingerprint density at radius 2 is 2.28 bits per heavy atom. The minimum absolute atomic E-state index is 0.00996. The van der Waals surface area contributed by atoms with Gasteiger partial charge in [-0.1, -0.05) is 6.07 Å². The molecule has 0 aromatic heterocycles. The minimum atomic E-state index is 0.00996. The van der Waals surface area contributed by atoms with Crippen molar-refractivity contribution in [2.24, 2.45) is 0 Å². The summed E-state index contributed by atoms with van der Waals surface area (Å²) in [5, 5.41) is 3.49. The van der Waals surface area contributed by atoms with E-state index in [2.05, 4.69) is 17.4 Å². The largest absolute Gasteiger partial charge is 0.482 e. The molecule has 2 aliphatic rings. The van der Waals surface area contributed by atoms with Gasteiger partial charge in [-0.3, -0.25) is 4.79 Å². The molecule has 0 atom stereocenters. The van der Waals surface area contributed by atoms with Crippen LogP contribution < -0.4 is 15.0 Å². The predicted molar refractivity (Wildman–Crippen MR) is 70.1 cm³/mol. The lowest BCUT2D eigenvalue weighted by molar-refractivity contribution is -0.120. The number of fused-ring (bicyclic) bond motifs is 1. The quantitative estimate of drug-likeness (QED) is 0.871. The standard InChI is InChI=1S/C14H18N2O2/c1-16-12-8-10(6-7-15-11-3-4-11)2-5-13(12)18-9-14(16)17/h2,5,8,11,15H,3-4,6-7,9H2,1H3. The van der Waals surface area contributed by atoms with Gasteiger partial charge in [0.2, 0.25) is 0 Å². The van der Waals surface area contributed by atoms with Crippen molar-refractivity contribution < 1.29 is 9.53 Å². The summed E-state index contributed by atoms with van der Waals surface area (Å²) in [6.45, 7) is 1.15. The lowest BCUT2D eigenvalue weighted by Crippen LogP contribution is -2.35. The lowest BCUT2D eigenvalue weighted by Gasteiger charge is -2.26. The molecule has 1 N–H and O–H groups in total. The summed E-state index contributed by atoms with van der Waals surface area (Å²) in [6, 6.07) is 6.85. The van der Waals surface area contributed by atoms with Crippen molar-refractivity contribution in [3.05, 3.63) is 23.8 Å². The Balaban J connectivity index is 1.70. The van der Waals surface area contributed by atoms with Gasteiger partial charge in [-0.2, -0.15) is 0 Å². The van der Waals surface area contributed by atoms with Crippen LogP contribution >= 0.6 is 0 Å². The van der Waals surface area contributed by atoms with Crippen LogP contribution in [0.4, 0.5) is 5.69 Å². The van der Waals surface area contributed by atoms with Gasteiger partial charge in [0, 0.05) is 13.1 Å². The minimum Gasteiger partial charge on any atom is -0.482 e. The number of hydrogen-bond donors (Lipinski definition) is 1. The maximum Gasteiger partial charge on any atom is 0.264 e. The highest BCUT2D eigenvalue weighted by Crippen LogP contribution is 2.32. The van der Waals surface area contributed by atoms with Gasteiger partial charge >= 0.3 is 0 Å². The number of nitrogens with zero attached hydrogens (tertiary/aromatic N) is 1. The van der Waals surface area contributed by atoms with Crippen LogP contribution in [-0.4, -0.2) is 32.1 Å². The van der Waals surface area contributed by atoms with Crippen LogP contribution in [0, 0.1) is 0 Å². The van der Waals surface area contributed by atoms with Gasteiger partial charge in [0.25, 0.3) is 5.91 Å². The van der Waals surface area contributed by atoms with E-state index in [0.29, 0.717) is 0 Å². The molecule has 4 nitrogen and oxygen atoms in total. The lowest BCUT2D eigenvalue weighted by atomic mass is 10.1. The molecule has 1 aromatic rings. The summed E-state index contributed by atoms with van der Waals surface area (Å²) < 4.78 is 5.41. The van der Waals surface area contributed by atoms with Crippen molar-refractivity contribution in [1.82, 2.24) is 5.32 Å². The van der Waals surface area contributed by atoms with E-state index in [1.807, 2.05) is 6.07 Å². The molecule has 3 rings (SSSR count). The fourth-order valence-electron chi connectivity index (χ4n) is 2.18. The van der Waals surface area contributed by atoms with Gasteiger partial charge < -0.3 is 15.0 Å². The van der Waals surface area contributed by atoms with Gasteiger partial charge in [0.05, 0.1) is 5.69 Å². The molecular formula is C14H18N2O2. The first-order valence-corrected chi connectivity index (χ1v) is 6.50. The summed E-state index contributed by atoms with van der Waals surface area (Å²) in [5.74, 6) is 0.812. The Kier molecular flexibility index (Phi) is 2.96. The highest BCUT2D eigenvalue weighted by atomic mass is 16.5. The zero-order chi connectivity index (χ0) is 12.5. The Labute approximate surface area is 107 Å². The number of benzene rings is 1. The fraction of sp³-hybridized carbons (Fsp3) is 0.500. The maximum atomic E-state index is 11.6. The molecule has 1 saturated carbocycles. The molecule has 4 heteroatoms. The van der Waals surface area contributed by atoms with E-state index in [0.717, 1.165) is 30.4 Å². The highest BCUT2D eigenvalue weighted by molar-refractivity contribution is 5.97. The molecule has 1 aromatic carbocycles. The molecule has 0 bridgehead atoms. The van der Waals surface area contributed by atoms with Gasteiger partial charge in [-0.15, -0.1) is 0 Å². The van der Waals surface area contributed by atoms with Crippen molar-refractivity contribution in [2.75, 3.05) is 25.1 Å². The number of anilines is 1. The molecule has 0 saturated heterocycles. The number of nitrogens with one attached hydrogen (secondary N) is 1. The molecule has 1 amide bonds. The zero-order valence-corrected chi connectivity index (χ0v) is 10.6. The van der Waals surface area contributed by atoms with Crippen LogP contribution in [0.5, 0.6) is 5.75 Å². The molecule has 1 heterocycles. The number of hydrogen-bond acceptors (Lipinski definition) is 3. The van der Waals surface area contributed by atoms with Crippen LogP contribution in [0.15, 0.2) is 18.2 Å². The second-order valence-electron chi connectivity index (χ2n) is 5.02. The number of carbonyl (C=O) groups is 1.